The van der Waals surface area contributed by atoms with Crippen molar-refractivity contribution in [2.24, 2.45) is 4.99 Å². The fourth-order valence-electron chi connectivity index (χ4n) is 2.67. The van der Waals surface area contributed by atoms with E-state index in [1.54, 1.807) is 25.4 Å². The van der Waals surface area contributed by atoms with Crippen LogP contribution in [0.15, 0.2) is 41.5 Å². The van der Waals surface area contributed by atoms with Crippen molar-refractivity contribution < 1.29 is 13.9 Å². The molecule has 0 radical (unpaired) electrons. The van der Waals surface area contributed by atoms with Crippen LogP contribution in [0.2, 0.25) is 0 Å². The molecule has 0 saturated heterocycles. The van der Waals surface area contributed by atoms with Gasteiger partial charge >= 0.3 is 0 Å². The smallest absolute Gasteiger partial charge is 0.221 e. The first-order valence-electron chi connectivity index (χ1n) is 7.67. The summed E-state index contributed by atoms with van der Waals surface area (Å²) in [6.45, 7) is 0.245. The first-order valence-corrected chi connectivity index (χ1v) is 8.08. The minimum Gasteiger partial charge on any atom is -0.481 e. The molecular weight excluding hydrogens is 327 g/mol. The van der Waals surface area contributed by atoms with Crippen LogP contribution in [0, 0.1) is 5.82 Å². The zero-order valence-corrected chi connectivity index (χ0v) is 14.1. The van der Waals surface area contributed by atoms with E-state index in [1.165, 1.54) is 6.07 Å². The highest BCUT2D eigenvalue weighted by Crippen LogP contribution is 2.30. The second-order valence-corrected chi connectivity index (χ2v) is 5.83. The van der Waals surface area contributed by atoms with Gasteiger partial charge in [-0.05, 0) is 48.8 Å². The van der Waals surface area contributed by atoms with E-state index in [-0.39, 0.29) is 24.6 Å². The molecule has 1 aliphatic rings. The summed E-state index contributed by atoms with van der Waals surface area (Å²) < 4.78 is 25.3. The number of ether oxygens (including phenoxy) is 2. The highest BCUT2D eigenvalue weighted by Gasteiger charge is 2.29. The molecule has 0 unspecified atom stereocenters. The maximum Gasteiger partial charge on any atom is 0.221 e. The number of halogens is 1. The summed E-state index contributed by atoms with van der Waals surface area (Å²) in [5.74, 6) is 0.173. The lowest BCUT2D eigenvalue weighted by atomic mass is 9.90. The Balaban J connectivity index is 1.66. The fourth-order valence-corrected chi connectivity index (χ4v) is 2.82. The summed E-state index contributed by atoms with van der Waals surface area (Å²) in [4.78, 5) is 8.14. The molecule has 124 valence electrons. The molecule has 2 aromatic rings. The molecule has 1 saturated carbocycles. The van der Waals surface area contributed by atoms with Crippen molar-refractivity contribution in [3.63, 3.8) is 0 Å². The van der Waals surface area contributed by atoms with Gasteiger partial charge in [0.15, 0.2) is 0 Å². The van der Waals surface area contributed by atoms with Crippen LogP contribution in [-0.4, -0.2) is 29.4 Å². The molecule has 0 atom stereocenters. The quantitative estimate of drug-likeness (QED) is 0.586. The number of pyridine rings is 1. The highest BCUT2D eigenvalue weighted by atomic mass is 32.1. The van der Waals surface area contributed by atoms with E-state index in [2.05, 4.69) is 27.4 Å². The van der Waals surface area contributed by atoms with Crippen LogP contribution in [0.5, 0.6) is 5.88 Å². The molecule has 6 heteroatoms. The van der Waals surface area contributed by atoms with Gasteiger partial charge in [0.1, 0.15) is 5.82 Å². The largest absolute Gasteiger partial charge is 0.481 e. The molecule has 1 heterocycles. The Labute approximate surface area is 145 Å². The predicted octanol–water partition coefficient (Wildman–Crippen LogP) is 4.05. The van der Waals surface area contributed by atoms with Crippen LogP contribution in [0.3, 0.4) is 0 Å². The lowest BCUT2D eigenvalue weighted by Crippen LogP contribution is -2.34. The van der Waals surface area contributed by atoms with Crippen LogP contribution in [0.4, 0.5) is 4.39 Å². The Hall–Kier alpha value is -2.14. The van der Waals surface area contributed by atoms with Gasteiger partial charge in [-0.2, -0.15) is 0 Å². The number of hydrogen-bond acceptors (Lipinski definition) is 5. The van der Waals surface area contributed by atoms with E-state index in [9.17, 15) is 4.39 Å². The summed E-state index contributed by atoms with van der Waals surface area (Å²) in [7, 11) is 1.55. The third-order valence-electron chi connectivity index (χ3n) is 4.11. The number of methoxy groups -OCH3 is 1. The molecule has 1 aromatic heterocycles. The zero-order chi connectivity index (χ0) is 16.9. The van der Waals surface area contributed by atoms with Crippen molar-refractivity contribution in [3.05, 3.63) is 47.9 Å². The predicted molar refractivity (Wildman–Crippen MR) is 92.8 cm³/mol. The second-order valence-electron chi connectivity index (χ2n) is 5.65. The number of aromatic nitrogens is 1. The standard InChI is InChI=1S/C18H17FN2O2S/c1-22-18-16(3-2-6-20-18)12-4-5-13(17(19)7-12)10-23-15-8-14(9-15)21-11-24/h2-7,14-15H,8-10H2,1H3/t14-,15+. The first-order chi connectivity index (χ1) is 11.7. The van der Waals surface area contributed by atoms with Gasteiger partial charge in [-0.25, -0.2) is 14.4 Å². The van der Waals surface area contributed by atoms with Crippen LogP contribution >= 0.6 is 12.2 Å². The zero-order valence-electron chi connectivity index (χ0n) is 13.2. The Morgan fingerprint density at radius 1 is 1.38 bits per heavy atom. The molecular formula is C18H17FN2O2S. The number of benzene rings is 1. The van der Waals surface area contributed by atoms with Crippen LogP contribution in [-0.2, 0) is 11.3 Å². The van der Waals surface area contributed by atoms with Gasteiger partial charge in [0.05, 0.1) is 31.0 Å². The third kappa shape index (κ3) is 3.67. The van der Waals surface area contributed by atoms with Crippen molar-refractivity contribution in [1.82, 2.24) is 4.98 Å². The molecule has 0 N–H and O–H groups in total. The molecule has 3 rings (SSSR count). The number of nitrogens with zero attached hydrogens (tertiary/aromatic N) is 2. The first kappa shape index (κ1) is 16.7. The summed E-state index contributed by atoms with van der Waals surface area (Å²) >= 11 is 4.58. The molecule has 0 spiro atoms. The Kier molecular flexibility index (Phi) is 5.30. The van der Waals surface area contributed by atoms with Crippen LogP contribution < -0.4 is 4.74 Å². The summed E-state index contributed by atoms with van der Waals surface area (Å²) in [5, 5.41) is 2.38. The lowest BCUT2D eigenvalue weighted by Gasteiger charge is -2.31. The average Bonchev–Trinajstić information content (AvgIpc) is 2.57. The van der Waals surface area contributed by atoms with Crippen LogP contribution in [0.1, 0.15) is 18.4 Å². The molecule has 1 aliphatic carbocycles. The highest BCUT2D eigenvalue weighted by molar-refractivity contribution is 7.78. The number of isothiocyanates is 1. The number of rotatable bonds is 6. The van der Waals surface area contributed by atoms with Crippen molar-refractivity contribution >= 4 is 17.4 Å². The van der Waals surface area contributed by atoms with E-state index in [0.29, 0.717) is 11.4 Å². The SMILES string of the molecule is COc1ncccc1-c1ccc(CO[C@H]2C[C@@H](N=C=S)C2)c(F)c1. The summed E-state index contributed by atoms with van der Waals surface area (Å²) in [6, 6.07) is 8.92. The van der Waals surface area contributed by atoms with Crippen molar-refractivity contribution in [3.8, 4) is 17.0 Å². The molecule has 1 fully saturated rings. The second kappa shape index (κ2) is 7.62. The number of aliphatic imine (C=N–C) groups is 1. The molecule has 0 aliphatic heterocycles. The maximum atomic E-state index is 14.4. The topological polar surface area (TPSA) is 43.7 Å². The lowest BCUT2D eigenvalue weighted by molar-refractivity contribution is -0.0192. The maximum absolute atomic E-state index is 14.4. The Morgan fingerprint density at radius 2 is 2.21 bits per heavy atom. The fraction of sp³-hybridized carbons (Fsp3) is 0.333. The normalized spacial score (nSPS) is 19.2. The molecule has 24 heavy (non-hydrogen) atoms. The third-order valence-corrected chi connectivity index (χ3v) is 4.21. The number of hydrogen-bond donors (Lipinski definition) is 0. The van der Waals surface area contributed by atoms with Gasteiger partial charge in [-0.1, -0.05) is 12.1 Å². The summed E-state index contributed by atoms with van der Waals surface area (Å²) in [6.07, 6.45) is 3.38. The van der Waals surface area contributed by atoms with Gasteiger partial charge in [-0.3, -0.25) is 0 Å². The number of thiocarbonyl (C=S) groups is 1. The van der Waals surface area contributed by atoms with Gasteiger partial charge in [0.25, 0.3) is 0 Å². The van der Waals surface area contributed by atoms with Crippen molar-refractivity contribution in [2.75, 3.05) is 7.11 Å². The average molecular weight is 344 g/mol. The minimum absolute atomic E-state index is 0.111. The van der Waals surface area contributed by atoms with Gasteiger partial charge in [0.2, 0.25) is 5.88 Å². The molecule has 4 nitrogen and oxygen atoms in total. The molecule has 0 bridgehead atoms. The Morgan fingerprint density at radius 3 is 2.92 bits per heavy atom. The monoisotopic (exact) mass is 344 g/mol. The van der Waals surface area contributed by atoms with E-state index in [1.807, 2.05) is 12.1 Å². The van der Waals surface area contributed by atoms with Crippen molar-refractivity contribution in [2.45, 2.75) is 31.6 Å². The van der Waals surface area contributed by atoms with E-state index in [0.717, 1.165) is 24.0 Å². The molecule has 1 aromatic carbocycles. The van der Waals surface area contributed by atoms with Crippen LogP contribution in [0.25, 0.3) is 11.1 Å². The van der Waals surface area contributed by atoms with Gasteiger partial charge in [0, 0.05) is 17.3 Å². The summed E-state index contributed by atoms with van der Waals surface area (Å²) in [5.41, 5.74) is 2.01. The van der Waals surface area contributed by atoms with Gasteiger partial charge < -0.3 is 9.47 Å². The van der Waals surface area contributed by atoms with E-state index in [4.69, 9.17) is 9.47 Å². The van der Waals surface area contributed by atoms with E-state index < -0.39 is 0 Å². The minimum atomic E-state index is -0.300. The van der Waals surface area contributed by atoms with Crippen molar-refractivity contribution in [1.29, 1.82) is 0 Å². The Bertz CT molecular complexity index is 771. The van der Waals surface area contributed by atoms with E-state index >= 15 is 0 Å². The van der Waals surface area contributed by atoms with Gasteiger partial charge in [-0.15, -0.1) is 0 Å². The molecule has 0 amide bonds.